The summed E-state index contributed by atoms with van der Waals surface area (Å²) in [6, 6.07) is 7.35. The average molecular weight is 292 g/mol. The monoisotopic (exact) mass is 292 g/mol. The minimum Gasteiger partial charge on any atom is -0.462 e. The summed E-state index contributed by atoms with van der Waals surface area (Å²) >= 11 is 0. The molecule has 4 nitrogen and oxygen atoms in total. The van der Waals surface area contributed by atoms with Crippen LogP contribution in [-0.2, 0) is 4.74 Å². The van der Waals surface area contributed by atoms with Crippen molar-refractivity contribution in [3.63, 3.8) is 0 Å². The van der Waals surface area contributed by atoms with Gasteiger partial charge in [0, 0.05) is 19.8 Å². The molecule has 0 aliphatic heterocycles. The Morgan fingerprint density at radius 3 is 2.43 bits per heavy atom. The first-order valence-electron chi connectivity index (χ1n) is 7.78. The number of hydrogen-bond donors (Lipinski definition) is 1. The largest absolute Gasteiger partial charge is 0.462 e. The lowest BCUT2D eigenvalue weighted by Gasteiger charge is -2.15. The fraction of sp³-hybridized carbons (Fsp3) is 0.588. The topological polar surface area (TPSA) is 41.6 Å². The smallest absolute Gasteiger partial charge is 0.338 e. The van der Waals surface area contributed by atoms with Gasteiger partial charge in [-0.1, -0.05) is 33.1 Å². The molecule has 0 heterocycles. The molecule has 1 aromatic carbocycles. The summed E-state index contributed by atoms with van der Waals surface area (Å²) in [5.41, 5.74) is 4.69. The van der Waals surface area contributed by atoms with Gasteiger partial charge in [0.2, 0.25) is 0 Å². The summed E-state index contributed by atoms with van der Waals surface area (Å²) in [6.07, 6.45) is 4.57. The van der Waals surface area contributed by atoms with Crippen LogP contribution in [-0.4, -0.2) is 31.7 Å². The van der Waals surface area contributed by atoms with Crippen LogP contribution >= 0.6 is 0 Å². The van der Waals surface area contributed by atoms with E-state index in [-0.39, 0.29) is 5.97 Å². The summed E-state index contributed by atoms with van der Waals surface area (Å²) in [4.78, 5) is 12.0. The number of anilines is 1. The normalized spacial score (nSPS) is 12.2. The molecule has 21 heavy (non-hydrogen) atoms. The van der Waals surface area contributed by atoms with Crippen molar-refractivity contribution in [3.8, 4) is 0 Å². The zero-order chi connectivity index (χ0) is 15.7. The predicted molar refractivity (Wildman–Crippen MR) is 87.3 cm³/mol. The third-order valence-electron chi connectivity index (χ3n) is 3.47. The molecule has 0 aliphatic rings. The van der Waals surface area contributed by atoms with Crippen molar-refractivity contribution in [2.45, 2.75) is 39.5 Å². The maximum atomic E-state index is 12.0. The Hall–Kier alpha value is -1.55. The lowest BCUT2D eigenvalue weighted by molar-refractivity contribution is 0.0428. The Bertz CT molecular complexity index is 415. The molecule has 118 valence electrons. The van der Waals surface area contributed by atoms with Gasteiger partial charge in [-0.2, -0.15) is 0 Å². The van der Waals surface area contributed by atoms with Crippen LogP contribution in [0.5, 0.6) is 0 Å². The van der Waals surface area contributed by atoms with E-state index in [0.717, 1.165) is 18.5 Å². The van der Waals surface area contributed by atoms with Gasteiger partial charge in [0.15, 0.2) is 0 Å². The molecule has 0 aromatic heterocycles. The maximum Gasteiger partial charge on any atom is 0.338 e. The van der Waals surface area contributed by atoms with E-state index in [0.29, 0.717) is 18.1 Å². The van der Waals surface area contributed by atoms with Gasteiger partial charge in [-0.05, 0) is 36.6 Å². The van der Waals surface area contributed by atoms with Gasteiger partial charge < -0.3 is 10.2 Å². The van der Waals surface area contributed by atoms with Crippen molar-refractivity contribution in [2.75, 3.05) is 26.1 Å². The number of benzene rings is 1. The van der Waals surface area contributed by atoms with E-state index >= 15 is 0 Å². The van der Waals surface area contributed by atoms with Gasteiger partial charge in [0.25, 0.3) is 0 Å². The van der Waals surface area contributed by atoms with Gasteiger partial charge >= 0.3 is 5.97 Å². The van der Waals surface area contributed by atoms with Crippen molar-refractivity contribution >= 4 is 11.7 Å². The molecule has 0 fully saturated rings. The fourth-order valence-corrected chi connectivity index (χ4v) is 2.11. The van der Waals surface area contributed by atoms with E-state index in [9.17, 15) is 4.79 Å². The van der Waals surface area contributed by atoms with E-state index in [1.807, 2.05) is 31.2 Å². The van der Waals surface area contributed by atoms with Crippen LogP contribution < -0.4 is 5.43 Å². The number of ether oxygens (including phenoxy) is 1. The van der Waals surface area contributed by atoms with E-state index in [4.69, 9.17) is 4.74 Å². The summed E-state index contributed by atoms with van der Waals surface area (Å²) in [5, 5.41) is 1.85. The van der Waals surface area contributed by atoms with Crippen molar-refractivity contribution in [1.29, 1.82) is 0 Å². The molecule has 1 unspecified atom stereocenters. The number of rotatable bonds is 9. The van der Waals surface area contributed by atoms with Gasteiger partial charge in [-0.3, -0.25) is 0 Å². The first-order valence-corrected chi connectivity index (χ1v) is 7.78. The number of hydrogen-bond acceptors (Lipinski definition) is 4. The fourth-order valence-electron chi connectivity index (χ4n) is 2.11. The predicted octanol–water partition coefficient (Wildman–Crippen LogP) is 3.95. The Kier molecular flexibility index (Phi) is 7.83. The van der Waals surface area contributed by atoms with E-state index in [1.165, 1.54) is 12.8 Å². The molecule has 0 saturated heterocycles. The molecule has 0 radical (unpaired) electrons. The van der Waals surface area contributed by atoms with Crippen molar-refractivity contribution in [3.05, 3.63) is 29.8 Å². The molecule has 0 spiro atoms. The third-order valence-corrected chi connectivity index (χ3v) is 3.47. The Morgan fingerprint density at radius 2 is 1.90 bits per heavy atom. The van der Waals surface area contributed by atoms with E-state index < -0.39 is 0 Å². The highest BCUT2D eigenvalue weighted by atomic mass is 16.5. The molecule has 1 N–H and O–H groups in total. The molecule has 1 aromatic rings. The lowest BCUT2D eigenvalue weighted by atomic mass is 10.0. The van der Waals surface area contributed by atoms with Crippen molar-refractivity contribution in [1.82, 2.24) is 5.01 Å². The lowest BCUT2D eigenvalue weighted by Crippen LogP contribution is -2.19. The summed E-state index contributed by atoms with van der Waals surface area (Å²) in [7, 11) is 3.84. The number of unbranched alkanes of at least 4 members (excludes halogenated alkanes) is 1. The standard InChI is InChI=1S/C17H28N2O2/c1-5-7-8-14(6-2)13-21-17(20)15-9-11-16(12-10-15)18-19(3)4/h9-12,14,18H,5-8,13H2,1-4H3. The summed E-state index contributed by atoms with van der Waals surface area (Å²) in [6.45, 7) is 4.85. The highest BCUT2D eigenvalue weighted by Gasteiger charge is 2.11. The Morgan fingerprint density at radius 1 is 1.24 bits per heavy atom. The molecule has 0 bridgehead atoms. The van der Waals surface area contributed by atoms with Crippen LogP contribution in [0.3, 0.4) is 0 Å². The number of hydrazine groups is 1. The van der Waals surface area contributed by atoms with Crippen LogP contribution in [0.25, 0.3) is 0 Å². The van der Waals surface area contributed by atoms with Crippen LogP contribution in [0.4, 0.5) is 5.69 Å². The second kappa shape index (κ2) is 9.40. The van der Waals surface area contributed by atoms with Gasteiger partial charge in [-0.25, -0.2) is 9.80 Å². The van der Waals surface area contributed by atoms with Gasteiger partial charge in [0.1, 0.15) is 0 Å². The van der Waals surface area contributed by atoms with Crippen LogP contribution in [0.1, 0.15) is 49.9 Å². The van der Waals surface area contributed by atoms with Crippen LogP contribution in [0.15, 0.2) is 24.3 Å². The van der Waals surface area contributed by atoms with E-state index in [1.54, 1.807) is 12.1 Å². The summed E-state index contributed by atoms with van der Waals surface area (Å²) < 4.78 is 5.43. The Labute approximate surface area is 128 Å². The molecule has 0 saturated carbocycles. The molecule has 1 rings (SSSR count). The molecular weight excluding hydrogens is 264 g/mol. The second-order valence-corrected chi connectivity index (χ2v) is 5.60. The minimum absolute atomic E-state index is 0.235. The molecule has 1 atom stereocenters. The molecular formula is C17H28N2O2. The highest BCUT2D eigenvalue weighted by molar-refractivity contribution is 5.89. The maximum absolute atomic E-state index is 12.0. The minimum atomic E-state index is -0.235. The van der Waals surface area contributed by atoms with Crippen molar-refractivity contribution in [2.24, 2.45) is 5.92 Å². The van der Waals surface area contributed by atoms with E-state index in [2.05, 4.69) is 19.3 Å². The first-order chi connectivity index (χ1) is 10.1. The second-order valence-electron chi connectivity index (χ2n) is 5.60. The zero-order valence-electron chi connectivity index (χ0n) is 13.7. The quantitative estimate of drug-likeness (QED) is 0.553. The zero-order valence-corrected chi connectivity index (χ0v) is 13.7. The number of esters is 1. The Balaban J connectivity index is 2.47. The molecule has 4 heteroatoms. The summed E-state index contributed by atoms with van der Waals surface area (Å²) in [5.74, 6) is 0.241. The third kappa shape index (κ3) is 6.63. The number of carbonyl (C=O) groups is 1. The van der Waals surface area contributed by atoms with Crippen LogP contribution in [0, 0.1) is 5.92 Å². The average Bonchev–Trinajstić information content (AvgIpc) is 2.47. The number of carbonyl (C=O) groups excluding carboxylic acids is 1. The van der Waals surface area contributed by atoms with Gasteiger partial charge in [-0.15, -0.1) is 0 Å². The van der Waals surface area contributed by atoms with Crippen LogP contribution in [0.2, 0.25) is 0 Å². The SMILES string of the molecule is CCCCC(CC)COC(=O)c1ccc(NN(C)C)cc1. The molecule has 0 aliphatic carbocycles. The number of nitrogens with one attached hydrogen (secondary N) is 1. The highest BCUT2D eigenvalue weighted by Crippen LogP contribution is 2.15. The molecule has 0 amide bonds. The van der Waals surface area contributed by atoms with Gasteiger partial charge in [0.05, 0.1) is 12.2 Å². The number of nitrogens with zero attached hydrogens (tertiary/aromatic N) is 1. The van der Waals surface area contributed by atoms with Crippen molar-refractivity contribution < 1.29 is 9.53 Å². The first kappa shape index (κ1) is 17.5.